The summed E-state index contributed by atoms with van der Waals surface area (Å²) in [6.07, 6.45) is -3.60. The van der Waals surface area contributed by atoms with Gasteiger partial charge in [0.15, 0.2) is 0 Å². The van der Waals surface area contributed by atoms with Crippen LogP contribution in [0.3, 0.4) is 0 Å². The van der Waals surface area contributed by atoms with Gasteiger partial charge >= 0.3 is 6.36 Å². The lowest BCUT2D eigenvalue weighted by molar-refractivity contribution is -0.274. The molecular formula is C11H5F3N2O. The first-order valence-electron chi connectivity index (χ1n) is 4.32. The number of nitrogens with zero attached hydrogens (tertiary/aromatic N) is 2. The van der Waals surface area contributed by atoms with Crippen molar-refractivity contribution in [2.45, 2.75) is 6.36 Å². The van der Waals surface area contributed by atoms with Crippen molar-refractivity contribution in [3.05, 3.63) is 35.4 Å². The molecule has 3 nitrogen and oxygen atoms in total. The average molecular weight is 238 g/mol. The standard InChI is InChI=1S/C11H5F3N2O/c12-11(13,14)17-10-3-1-2-8(5-10)4-9(6-15)7-16/h1-5H. The van der Waals surface area contributed by atoms with Crippen LogP contribution in [0.2, 0.25) is 0 Å². The number of allylic oxidation sites excluding steroid dienone is 1. The summed E-state index contributed by atoms with van der Waals surface area (Å²) >= 11 is 0. The molecule has 1 rings (SSSR count). The summed E-state index contributed by atoms with van der Waals surface area (Å²) in [5.74, 6) is -0.401. The van der Waals surface area contributed by atoms with E-state index < -0.39 is 12.1 Å². The molecule has 6 heteroatoms. The minimum atomic E-state index is -4.77. The molecule has 0 saturated heterocycles. The first-order chi connectivity index (χ1) is 7.94. The van der Waals surface area contributed by atoms with Crippen molar-refractivity contribution in [1.29, 1.82) is 10.5 Å². The van der Waals surface area contributed by atoms with E-state index in [1.54, 1.807) is 12.1 Å². The Morgan fingerprint density at radius 3 is 2.41 bits per heavy atom. The summed E-state index contributed by atoms with van der Waals surface area (Å²) in [7, 11) is 0. The highest BCUT2D eigenvalue weighted by Crippen LogP contribution is 2.23. The fourth-order valence-electron chi connectivity index (χ4n) is 1.06. The van der Waals surface area contributed by atoms with Gasteiger partial charge in [0.1, 0.15) is 23.5 Å². The van der Waals surface area contributed by atoms with Crippen LogP contribution in [-0.2, 0) is 0 Å². The Morgan fingerprint density at radius 2 is 1.88 bits per heavy atom. The average Bonchev–Trinajstić information content (AvgIpc) is 2.24. The number of nitriles is 2. The van der Waals surface area contributed by atoms with Crippen molar-refractivity contribution in [1.82, 2.24) is 0 Å². The fraction of sp³-hybridized carbons (Fsp3) is 0.0909. The molecule has 0 radical (unpaired) electrons. The Labute approximate surface area is 95.0 Å². The highest BCUT2D eigenvalue weighted by molar-refractivity contribution is 5.62. The highest BCUT2D eigenvalue weighted by Gasteiger charge is 2.30. The Hall–Kier alpha value is -2.47. The van der Waals surface area contributed by atoms with E-state index in [4.69, 9.17) is 10.5 Å². The van der Waals surface area contributed by atoms with Gasteiger partial charge in [0.05, 0.1) is 0 Å². The highest BCUT2D eigenvalue weighted by atomic mass is 19.4. The Balaban J connectivity index is 3.00. The lowest BCUT2D eigenvalue weighted by atomic mass is 10.1. The second-order valence-electron chi connectivity index (χ2n) is 2.90. The normalized spacial score (nSPS) is 9.94. The van der Waals surface area contributed by atoms with Crippen LogP contribution in [0.1, 0.15) is 5.56 Å². The first kappa shape index (κ1) is 12.6. The first-order valence-corrected chi connectivity index (χ1v) is 4.32. The van der Waals surface area contributed by atoms with Crippen LogP contribution < -0.4 is 4.74 Å². The molecule has 0 aliphatic rings. The minimum absolute atomic E-state index is 0.200. The Morgan fingerprint density at radius 1 is 1.24 bits per heavy atom. The number of halogens is 3. The zero-order chi connectivity index (χ0) is 12.9. The summed E-state index contributed by atoms with van der Waals surface area (Å²) < 4.78 is 39.5. The van der Waals surface area contributed by atoms with E-state index in [1.165, 1.54) is 18.2 Å². The molecule has 0 unspecified atom stereocenters. The third-order valence-electron chi connectivity index (χ3n) is 1.64. The maximum atomic E-state index is 11.9. The molecule has 0 amide bonds. The van der Waals surface area contributed by atoms with Crippen molar-refractivity contribution in [2.75, 3.05) is 0 Å². The molecular weight excluding hydrogens is 233 g/mol. The summed E-state index contributed by atoms with van der Waals surface area (Å²) in [6, 6.07) is 8.21. The van der Waals surface area contributed by atoms with Crippen molar-refractivity contribution in [3.8, 4) is 17.9 Å². The van der Waals surface area contributed by atoms with Gasteiger partial charge in [-0.05, 0) is 23.8 Å². The molecule has 0 aliphatic carbocycles. The third kappa shape index (κ3) is 4.27. The van der Waals surface area contributed by atoms with E-state index in [0.717, 1.165) is 12.1 Å². The summed E-state index contributed by atoms with van der Waals surface area (Å²) in [5, 5.41) is 17.0. The van der Waals surface area contributed by atoms with Crippen LogP contribution in [0.25, 0.3) is 6.08 Å². The largest absolute Gasteiger partial charge is 0.573 e. The molecule has 0 saturated carbocycles. The van der Waals surface area contributed by atoms with E-state index >= 15 is 0 Å². The number of rotatable bonds is 2. The predicted molar refractivity (Wildman–Crippen MR) is 52.3 cm³/mol. The van der Waals surface area contributed by atoms with Crippen LogP contribution in [0, 0.1) is 22.7 Å². The van der Waals surface area contributed by atoms with Crippen LogP contribution in [0.4, 0.5) is 13.2 Å². The van der Waals surface area contributed by atoms with E-state index in [0.29, 0.717) is 0 Å². The number of hydrogen-bond donors (Lipinski definition) is 0. The van der Waals surface area contributed by atoms with Crippen molar-refractivity contribution >= 4 is 6.08 Å². The summed E-state index contributed by atoms with van der Waals surface area (Å²) in [5.41, 5.74) is 0.0824. The van der Waals surface area contributed by atoms with Crippen LogP contribution in [0.5, 0.6) is 5.75 Å². The van der Waals surface area contributed by atoms with E-state index in [9.17, 15) is 13.2 Å². The molecule has 86 valence electrons. The zero-order valence-corrected chi connectivity index (χ0v) is 8.32. The SMILES string of the molecule is N#CC(C#N)=Cc1cccc(OC(F)(F)F)c1. The Bertz CT molecular complexity index is 505. The molecule has 1 aromatic rings. The second kappa shape index (κ2) is 5.04. The van der Waals surface area contributed by atoms with Gasteiger partial charge in [0.25, 0.3) is 0 Å². The molecule has 0 fully saturated rings. The number of ether oxygens (including phenoxy) is 1. The zero-order valence-electron chi connectivity index (χ0n) is 8.32. The van der Waals surface area contributed by atoms with Gasteiger partial charge in [0, 0.05) is 0 Å². The van der Waals surface area contributed by atoms with Gasteiger partial charge in [-0.1, -0.05) is 12.1 Å². The van der Waals surface area contributed by atoms with Crippen LogP contribution >= 0.6 is 0 Å². The van der Waals surface area contributed by atoms with Gasteiger partial charge in [-0.25, -0.2) is 0 Å². The minimum Gasteiger partial charge on any atom is -0.406 e. The number of benzene rings is 1. The van der Waals surface area contributed by atoms with Gasteiger partial charge in [0.2, 0.25) is 0 Å². The third-order valence-corrected chi connectivity index (χ3v) is 1.64. The lowest BCUT2D eigenvalue weighted by Crippen LogP contribution is -2.17. The van der Waals surface area contributed by atoms with Crippen molar-refractivity contribution < 1.29 is 17.9 Å². The van der Waals surface area contributed by atoms with Gasteiger partial charge in [-0.2, -0.15) is 10.5 Å². The van der Waals surface area contributed by atoms with Crippen LogP contribution in [0.15, 0.2) is 29.8 Å². The van der Waals surface area contributed by atoms with Gasteiger partial charge in [-0.3, -0.25) is 0 Å². The number of alkyl halides is 3. The molecule has 17 heavy (non-hydrogen) atoms. The molecule has 0 aromatic heterocycles. The topological polar surface area (TPSA) is 56.8 Å². The maximum Gasteiger partial charge on any atom is 0.573 e. The molecule has 0 bridgehead atoms. The molecule has 0 spiro atoms. The van der Waals surface area contributed by atoms with Crippen LogP contribution in [-0.4, -0.2) is 6.36 Å². The molecule has 0 aliphatic heterocycles. The predicted octanol–water partition coefficient (Wildman–Crippen LogP) is 3.02. The van der Waals surface area contributed by atoms with E-state index in [-0.39, 0.29) is 11.1 Å². The molecule has 1 aromatic carbocycles. The maximum absolute atomic E-state index is 11.9. The second-order valence-corrected chi connectivity index (χ2v) is 2.90. The molecule has 0 heterocycles. The molecule has 0 N–H and O–H groups in total. The number of hydrogen-bond acceptors (Lipinski definition) is 3. The monoisotopic (exact) mass is 238 g/mol. The van der Waals surface area contributed by atoms with E-state index in [2.05, 4.69) is 4.74 Å². The van der Waals surface area contributed by atoms with Crippen molar-refractivity contribution in [2.24, 2.45) is 0 Å². The van der Waals surface area contributed by atoms with Gasteiger partial charge < -0.3 is 4.74 Å². The lowest BCUT2D eigenvalue weighted by Gasteiger charge is -2.08. The van der Waals surface area contributed by atoms with Crippen molar-refractivity contribution in [3.63, 3.8) is 0 Å². The molecule has 0 atom stereocenters. The Kier molecular flexibility index (Phi) is 3.74. The smallest absolute Gasteiger partial charge is 0.406 e. The quantitative estimate of drug-likeness (QED) is 0.744. The van der Waals surface area contributed by atoms with E-state index in [1.807, 2.05) is 0 Å². The summed E-state index contributed by atoms with van der Waals surface area (Å²) in [4.78, 5) is 0. The summed E-state index contributed by atoms with van der Waals surface area (Å²) in [6.45, 7) is 0. The van der Waals surface area contributed by atoms with Gasteiger partial charge in [-0.15, -0.1) is 13.2 Å². The fourth-order valence-corrected chi connectivity index (χ4v) is 1.06.